The molecule has 30 heavy (non-hydrogen) atoms. The molecule has 2 N–H and O–H groups in total. The molecule has 1 fully saturated rings. The van der Waals surface area contributed by atoms with E-state index >= 15 is 0 Å². The summed E-state index contributed by atoms with van der Waals surface area (Å²) in [7, 11) is 0. The maximum atomic E-state index is 12.6. The highest BCUT2D eigenvalue weighted by Gasteiger charge is 2.33. The first kappa shape index (κ1) is 20.4. The Bertz CT molecular complexity index is 985. The predicted molar refractivity (Wildman–Crippen MR) is 118 cm³/mol. The number of nitrogens with one attached hydrogen (secondary N) is 2. The summed E-state index contributed by atoms with van der Waals surface area (Å²) < 4.78 is 0. The van der Waals surface area contributed by atoms with Gasteiger partial charge in [0, 0.05) is 53.8 Å². The van der Waals surface area contributed by atoms with Crippen molar-refractivity contribution in [1.29, 1.82) is 0 Å². The molecule has 3 heterocycles. The third-order valence-electron chi connectivity index (χ3n) is 5.05. The van der Waals surface area contributed by atoms with Crippen molar-refractivity contribution in [2.45, 2.75) is 18.4 Å². The van der Waals surface area contributed by atoms with Crippen LogP contribution in [0.1, 0.15) is 18.0 Å². The number of aromatic nitrogens is 3. The van der Waals surface area contributed by atoms with E-state index in [-0.39, 0.29) is 18.0 Å². The number of anilines is 2. The van der Waals surface area contributed by atoms with Crippen molar-refractivity contribution in [2.75, 3.05) is 23.3 Å². The molecule has 1 aliphatic heterocycles. The normalized spacial score (nSPS) is 18.7. The Labute approximate surface area is 184 Å². The van der Waals surface area contributed by atoms with Crippen LogP contribution in [0.5, 0.6) is 0 Å². The van der Waals surface area contributed by atoms with Gasteiger partial charge in [-0.05, 0) is 48.9 Å². The molecular weight excluding hydrogens is 423 g/mol. The van der Waals surface area contributed by atoms with Gasteiger partial charge in [-0.2, -0.15) is 0 Å². The molecule has 2 amide bonds. The van der Waals surface area contributed by atoms with Crippen LogP contribution >= 0.6 is 23.2 Å². The molecule has 0 spiro atoms. The summed E-state index contributed by atoms with van der Waals surface area (Å²) in [5, 5.41) is 7.15. The summed E-state index contributed by atoms with van der Waals surface area (Å²) in [6.07, 6.45) is 5.63. The molecule has 1 aliphatic rings. The van der Waals surface area contributed by atoms with Crippen LogP contribution in [0.3, 0.4) is 0 Å². The van der Waals surface area contributed by atoms with Gasteiger partial charge in [-0.15, -0.1) is 0 Å². The van der Waals surface area contributed by atoms with Crippen molar-refractivity contribution < 1.29 is 4.79 Å². The van der Waals surface area contributed by atoms with Gasteiger partial charge in [-0.25, -0.2) is 14.8 Å². The second-order valence-corrected chi connectivity index (χ2v) is 7.89. The first-order valence-electron chi connectivity index (χ1n) is 9.54. The van der Waals surface area contributed by atoms with E-state index in [0.29, 0.717) is 22.3 Å². The molecule has 1 aromatic carbocycles. The third kappa shape index (κ3) is 4.98. The molecule has 2 aromatic heterocycles. The van der Waals surface area contributed by atoms with E-state index in [1.807, 2.05) is 18.2 Å². The number of halogens is 2. The molecule has 4 rings (SSSR count). The minimum Gasteiger partial charge on any atom is -0.356 e. The second-order valence-electron chi connectivity index (χ2n) is 7.02. The van der Waals surface area contributed by atoms with E-state index in [1.54, 1.807) is 36.7 Å². The fourth-order valence-corrected chi connectivity index (χ4v) is 3.82. The van der Waals surface area contributed by atoms with Gasteiger partial charge >= 0.3 is 6.03 Å². The highest BCUT2D eigenvalue weighted by atomic mass is 35.5. The van der Waals surface area contributed by atoms with Crippen LogP contribution < -0.4 is 15.5 Å². The lowest BCUT2D eigenvalue weighted by Gasteiger charge is -2.39. The van der Waals surface area contributed by atoms with E-state index in [0.717, 1.165) is 24.5 Å². The number of pyridine rings is 1. The summed E-state index contributed by atoms with van der Waals surface area (Å²) in [5.41, 5.74) is 1.55. The molecule has 7 nitrogen and oxygen atoms in total. The van der Waals surface area contributed by atoms with Crippen molar-refractivity contribution in [1.82, 2.24) is 20.3 Å². The van der Waals surface area contributed by atoms with Gasteiger partial charge in [0.25, 0.3) is 0 Å². The van der Waals surface area contributed by atoms with E-state index in [1.165, 1.54) is 6.33 Å². The van der Waals surface area contributed by atoms with E-state index in [2.05, 4.69) is 30.5 Å². The van der Waals surface area contributed by atoms with Gasteiger partial charge in [-0.3, -0.25) is 4.98 Å². The summed E-state index contributed by atoms with van der Waals surface area (Å²) in [6, 6.07) is 12.2. The van der Waals surface area contributed by atoms with Gasteiger partial charge in [0.2, 0.25) is 0 Å². The van der Waals surface area contributed by atoms with Crippen molar-refractivity contribution in [3.8, 4) is 0 Å². The zero-order valence-corrected chi connectivity index (χ0v) is 17.5. The zero-order valence-electron chi connectivity index (χ0n) is 16.0. The van der Waals surface area contributed by atoms with Gasteiger partial charge in [0.05, 0.1) is 5.02 Å². The van der Waals surface area contributed by atoms with Crippen LogP contribution in [0.4, 0.5) is 16.3 Å². The molecule has 0 aliphatic carbocycles. The molecule has 9 heteroatoms. The van der Waals surface area contributed by atoms with E-state index in [9.17, 15) is 4.79 Å². The number of carbonyl (C=O) groups excluding carboxylic acids is 1. The quantitative estimate of drug-likeness (QED) is 0.626. The van der Waals surface area contributed by atoms with Crippen LogP contribution in [0, 0.1) is 0 Å². The average molecular weight is 443 g/mol. The standard InChI is InChI=1S/C21H20Cl2N6O/c22-14-1-4-16(5-2-14)27-21(30)28-19-8-10-29(20-7-9-24-13-26-20)12-17(19)18-6-3-15(23)11-25-18/h1-7,9,11,13,17,19H,8,10,12H2,(H2,27,28,30)/t17-,19+/m0/s1. The number of rotatable bonds is 4. The topological polar surface area (TPSA) is 83.0 Å². The van der Waals surface area contributed by atoms with Gasteiger partial charge in [0.15, 0.2) is 0 Å². The first-order valence-corrected chi connectivity index (χ1v) is 10.3. The Morgan fingerprint density at radius 2 is 1.83 bits per heavy atom. The fourth-order valence-electron chi connectivity index (χ4n) is 3.58. The summed E-state index contributed by atoms with van der Waals surface area (Å²) in [4.78, 5) is 27.6. The van der Waals surface area contributed by atoms with Crippen LogP contribution in [-0.4, -0.2) is 40.1 Å². The molecular formula is C21H20Cl2N6O. The molecule has 0 bridgehead atoms. The molecule has 3 aromatic rings. The number of hydrogen-bond donors (Lipinski definition) is 2. The third-order valence-corrected chi connectivity index (χ3v) is 5.53. The Morgan fingerprint density at radius 3 is 2.53 bits per heavy atom. The molecule has 0 radical (unpaired) electrons. The number of nitrogens with zero attached hydrogens (tertiary/aromatic N) is 4. The average Bonchev–Trinajstić information content (AvgIpc) is 2.77. The monoisotopic (exact) mass is 442 g/mol. The SMILES string of the molecule is O=C(Nc1ccc(Cl)cc1)N[C@@H]1CCN(c2ccncn2)C[C@H]1c1ccc(Cl)cn1. The van der Waals surface area contributed by atoms with Crippen molar-refractivity contribution in [3.63, 3.8) is 0 Å². The summed E-state index contributed by atoms with van der Waals surface area (Å²) >= 11 is 11.9. The number of urea groups is 1. The molecule has 1 saturated heterocycles. The van der Waals surface area contributed by atoms with Crippen molar-refractivity contribution in [2.24, 2.45) is 0 Å². The zero-order chi connectivity index (χ0) is 20.9. The Balaban J connectivity index is 1.50. The fraction of sp³-hybridized carbons (Fsp3) is 0.238. The number of carbonyl (C=O) groups is 1. The molecule has 0 unspecified atom stereocenters. The Hall–Kier alpha value is -2.90. The lowest BCUT2D eigenvalue weighted by molar-refractivity contribution is 0.243. The number of benzene rings is 1. The minimum atomic E-state index is -0.267. The predicted octanol–water partition coefficient (Wildman–Crippen LogP) is 4.36. The smallest absolute Gasteiger partial charge is 0.319 e. The van der Waals surface area contributed by atoms with Crippen molar-refractivity contribution in [3.05, 3.63) is 76.9 Å². The lowest BCUT2D eigenvalue weighted by atomic mass is 9.89. The Morgan fingerprint density at radius 1 is 1.03 bits per heavy atom. The lowest BCUT2D eigenvalue weighted by Crippen LogP contribution is -2.51. The maximum Gasteiger partial charge on any atom is 0.319 e. The number of amides is 2. The highest BCUT2D eigenvalue weighted by Crippen LogP contribution is 2.29. The second kappa shape index (κ2) is 9.28. The van der Waals surface area contributed by atoms with Crippen LogP contribution in [0.2, 0.25) is 10.0 Å². The number of hydrogen-bond acceptors (Lipinski definition) is 5. The number of piperidine rings is 1. The highest BCUT2D eigenvalue weighted by molar-refractivity contribution is 6.30. The summed E-state index contributed by atoms with van der Waals surface area (Å²) in [5.74, 6) is 0.829. The minimum absolute atomic E-state index is 0.0260. The first-order chi connectivity index (χ1) is 14.6. The maximum absolute atomic E-state index is 12.6. The van der Waals surface area contributed by atoms with Crippen molar-refractivity contribution >= 4 is 40.7 Å². The molecule has 2 atom stereocenters. The van der Waals surface area contributed by atoms with Gasteiger partial charge in [-0.1, -0.05) is 23.2 Å². The van der Waals surface area contributed by atoms with E-state index in [4.69, 9.17) is 23.2 Å². The van der Waals surface area contributed by atoms with E-state index < -0.39 is 0 Å². The van der Waals surface area contributed by atoms with Crippen LogP contribution in [0.25, 0.3) is 0 Å². The summed E-state index contributed by atoms with van der Waals surface area (Å²) in [6.45, 7) is 1.42. The largest absolute Gasteiger partial charge is 0.356 e. The molecule has 154 valence electrons. The van der Waals surface area contributed by atoms with Gasteiger partial charge in [0.1, 0.15) is 12.1 Å². The van der Waals surface area contributed by atoms with Gasteiger partial charge < -0.3 is 15.5 Å². The van der Waals surface area contributed by atoms with Crippen LogP contribution in [-0.2, 0) is 0 Å². The van der Waals surface area contributed by atoms with Crippen LogP contribution in [0.15, 0.2) is 61.2 Å². The Kier molecular flexibility index (Phi) is 6.30. The molecule has 0 saturated carbocycles.